The van der Waals surface area contributed by atoms with E-state index >= 15 is 0 Å². The van der Waals surface area contributed by atoms with Crippen LogP contribution < -0.4 is 9.80 Å². The van der Waals surface area contributed by atoms with Crippen LogP contribution >= 0.6 is 0 Å². The van der Waals surface area contributed by atoms with Crippen LogP contribution in [-0.2, 0) is 0 Å². The third kappa shape index (κ3) is 4.98. The number of para-hydroxylation sites is 3. The van der Waals surface area contributed by atoms with Gasteiger partial charge in [0, 0.05) is 45.9 Å². The van der Waals surface area contributed by atoms with Crippen LogP contribution in [0.3, 0.4) is 0 Å². The molecule has 0 saturated carbocycles. The number of fused-ring (bicyclic) bond motifs is 5. The van der Waals surface area contributed by atoms with Crippen LogP contribution in [0.1, 0.15) is 6.42 Å². The minimum atomic E-state index is 0.217. The van der Waals surface area contributed by atoms with Gasteiger partial charge in [-0.15, -0.1) is 0 Å². The lowest BCUT2D eigenvalue weighted by molar-refractivity contribution is 0.504. The molecule has 0 fully saturated rings. The van der Waals surface area contributed by atoms with Gasteiger partial charge in [0.25, 0.3) is 0 Å². The molecule has 6 aromatic carbocycles. The number of hydrogen-bond acceptors (Lipinski definition) is 4. The van der Waals surface area contributed by atoms with E-state index in [1.165, 1.54) is 39.3 Å². The molecule has 0 saturated heterocycles. The molecular weight excluding hydrogens is 633 g/mol. The number of pyridine rings is 2. The Bertz CT molecular complexity index is 2680. The Morgan fingerprint density at radius 2 is 1.23 bits per heavy atom. The highest BCUT2D eigenvalue weighted by Gasteiger charge is 2.38. The van der Waals surface area contributed by atoms with Crippen LogP contribution in [0, 0.1) is 5.92 Å². The van der Waals surface area contributed by atoms with Gasteiger partial charge in [0.05, 0.1) is 33.6 Å². The number of nitrogens with zero attached hydrogens (tertiary/aromatic N) is 4. The highest BCUT2D eigenvalue weighted by atomic mass is 15.4. The quantitative estimate of drug-likeness (QED) is 0.135. The Morgan fingerprint density at radius 3 is 2.02 bits per heavy atom. The van der Waals surface area contributed by atoms with Crippen LogP contribution in [-0.4, -0.2) is 23.2 Å². The van der Waals surface area contributed by atoms with Crippen LogP contribution in [0.15, 0.2) is 176 Å². The van der Waals surface area contributed by atoms with E-state index in [-0.39, 0.29) is 6.17 Å². The van der Waals surface area contributed by atoms with Crippen LogP contribution in [0.5, 0.6) is 0 Å². The third-order valence-corrected chi connectivity index (χ3v) is 10.8. The molecule has 1 aliphatic heterocycles. The van der Waals surface area contributed by atoms with Gasteiger partial charge in [-0.25, -0.2) is 9.97 Å². The molecule has 2 aliphatic rings. The number of allylic oxidation sites excluding steroid dienone is 3. The molecule has 248 valence electrons. The van der Waals surface area contributed by atoms with Gasteiger partial charge >= 0.3 is 0 Å². The van der Waals surface area contributed by atoms with Gasteiger partial charge < -0.3 is 9.80 Å². The number of aromatic nitrogens is 2. The first kappa shape index (κ1) is 30.3. The topological polar surface area (TPSA) is 32.3 Å². The Labute approximate surface area is 303 Å². The maximum Gasteiger partial charge on any atom is 0.113 e. The largest absolute Gasteiger partial charge is 0.352 e. The second kappa shape index (κ2) is 12.4. The predicted molar refractivity (Wildman–Crippen MR) is 218 cm³/mol. The van der Waals surface area contributed by atoms with Crippen molar-refractivity contribution in [2.24, 2.45) is 5.92 Å². The van der Waals surface area contributed by atoms with E-state index in [1.807, 2.05) is 0 Å². The minimum absolute atomic E-state index is 0.217. The van der Waals surface area contributed by atoms with Gasteiger partial charge in [0.1, 0.15) is 6.17 Å². The molecule has 2 unspecified atom stereocenters. The molecule has 1 aliphatic carbocycles. The zero-order chi connectivity index (χ0) is 34.6. The molecule has 0 amide bonds. The Morgan fingerprint density at radius 1 is 0.538 bits per heavy atom. The average molecular weight is 669 g/mol. The third-order valence-electron chi connectivity index (χ3n) is 10.8. The predicted octanol–water partition coefficient (Wildman–Crippen LogP) is 12.0. The summed E-state index contributed by atoms with van der Waals surface area (Å²) >= 11 is 0. The van der Waals surface area contributed by atoms with E-state index < -0.39 is 0 Å². The minimum Gasteiger partial charge on any atom is -0.352 e. The first-order valence-electron chi connectivity index (χ1n) is 18.0. The molecule has 0 N–H and O–H groups in total. The lowest BCUT2D eigenvalue weighted by atomic mass is 9.95. The fourth-order valence-electron chi connectivity index (χ4n) is 8.28. The number of hydrogen-bond donors (Lipinski definition) is 0. The van der Waals surface area contributed by atoms with Gasteiger partial charge in [-0.2, -0.15) is 0 Å². The summed E-state index contributed by atoms with van der Waals surface area (Å²) in [6.45, 7) is 0. The van der Waals surface area contributed by atoms with Gasteiger partial charge in [-0.05, 0) is 59.5 Å². The van der Waals surface area contributed by atoms with Crippen molar-refractivity contribution < 1.29 is 0 Å². The highest BCUT2D eigenvalue weighted by molar-refractivity contribution is 6.16. The second-order valence-corrected chi connectivity index (χ2v) is 13.8. The molecule has 2 atom stereocenters. The van der Waals surface area contributed by atoms with Crippen molar-refractivity contribution in [3.8, 4) is 33.5 Å². The fraction of sp³-hybridized carbons (Fsp3) is 0.0833. The van der Waals surface area contributed by atoms with E-state index in [2.05, 4.69) is 193 Å². The lowest BCUT2D eigenvalue weighted by Crippen LogP contribution is -2.44. The summed E-state index contributed by atoms with van der Waals surface area (Å²) in [4.78, 5) is 15.4. The van der Waals surface area contributed by atoms with Crippen molar-refractivity contribution >= 4 is 49.8 Å². The van der Waals surface area contributed by atoms with Crippen molar-refractivity contribution in [1.82, 2.24) is 9.97 Å². The molecule has 8 aromatic rings. The van der Waals surface area contributed by atoms with Crippen LogP contribution in [0.4, 0.5) is 17.1 Å². The molecular formula is C48H36N4. The maximum absolute atomic E-state index is 5.26. The van der Waals surface area contributed by atoms with Gasteiger partial charge in [-0.3, -0.25) is 0 Å². The van der Waals surface area contributed by atoms with Gasteiger partial charge in [0.15, 0.2) is 0 Å². The summed E-state index contributed by atoms with van der Waals surface area (Å²) in [5, 5.41) is 3.35. The second-order valence-electron chi connectivity index (χ2n) is 13.8. The highest BCUT2D eigenvalue weighted by Crippen LogP contribution is 2.47. The summed E-state index contributed by atoms with van der Waals surface area (Å²) in [6.07, 6.45) is 10.2. The van der Waals surface area contributed by atoms with E-state index in [0.29, 0.717) is 5.92 Å². The summed E-state index contributed by atoms with van der Waals surface area (Å²) in [5.41, 5.74) is 13.3. The SMILES string of the molecule is CN1c2ccccc2N(c2ccc(-c3ccc(-c4ccc5ccc6c(-c7ccccc7)c7ccccc7nc6c5n4)cc3)cc2)C1C1C=CC=CC1. The zero-order valence-electron chi connectivity index (χ0n) is 28.9. The number of benzene rings is 6. The lowest BCUT2D eigenvalue weighted by Gasteiger charge is -2.36. The first-order chi connectivity index (χ1) is 25.7. The van der Waals surface area contributed by atoms with Crippen molar-refractivity contribution in [3.63, 3.8) is 0 Å². The summed E-state index contributed by atoms with van der Waals surface area (Å²) in [7, 11) is 2.22. The molecule has 10 rings (SSSR count). The van der Waals surface area contributed by atoms with E-state index in [0.717, 1.165) is 50.4 Å². The maximum atomic E-state index is 5.26. The fourth-order valence-corrected chi connectivity index (χ4v) is 8.28. The summed E-state index contributed by atoms with van der Waals surface area (Å²) in [5.74, 6) is 0.400. The standard InChI is InChI=1S/C48H36N4/c1-51-43-18-10-11-19-44(43)52(48(51)37-14-6-3-7-15-37)38-28-24-33(25-29-38)32-20-22-34(23-21-32)41-31-27-36-26-30-40-45(35-12-4-2-5-13-35)39-16-8-9-17-42(39)50-47(40)46(36)49-41/h2-14,16-31,37,48H,15H2,1H3. The molecule has 0 bridgehead atoms. The Balaban J connectivity index is 0.989. The average Bonchev–Trinajstić information content (AvgIpc) is 3.52. The normalized spacial score (nSPS) is 16.6. The smallest absolute Gasteiger partial charge is 0.113 e. The van der Waals surface area contributed by atoms with Gasteiger partial charge in [0.2, 0.25) is 0 Å². The Kier molecular flexibility index (Phi) is 7.21. The van der Waals surface area contributed by atoms with Crippen molar-refractivity contribution in [2.45, 2.75) is 12.6 Å². The van der Waals surface area contributed by atoms with Gasteiger partial charge in [-0.1, -0.05) is 140 Å². The Hall–Kier alpha value is -6.52. The van der Waals surface area contributed by atoms with Crippen molar-refractivity contribution in [3.05, 3.63) is 176 Å². The van der Waals surface area contributed by atoms with E-state index in [9.17, 15) is 0 Å². The molecule has 4 heteroatoms. The summed E-state index contributed by atoms with van der Waals surface area (Å²) in [6, 6.07) is 54.3. The molecule has 2 aromatic heterocycles. The van der Waals surface area contributed by atoms with Crippen LogP contribution in [0.25, 0.3) is 66.2 Å². The monoisotopic (exact) mass is 668 g/mol. The molecule has 3 heterocycles. The molecule has 52 heavy (non-hydrogen) atoms. The number of anilines is 3. The number of rotatable bonds is 5. The zero-order valence-corrected chi connectivity index (χ0v) is 28.9. The summed E-state index contributed by atoms with van der Waals surface area (Å²) < 4.78 is 0. The molecule has 0 spiro atoms. The first-order valence-corrected chi connectivity index (χ1v) is 18.0. The molecule has 0 radical (unpaired) electrons. The van der Waals surface area contributed by atoms with E-state index in [4.69, 9.17) is 9.97 Å². The molecule has 4 nitrogen and oxygen atoms in total. The van der Waals surface area contributed by atoms with E-state index in [1.54, 1.807) is 0 Å². The van der Waals surface area contributed by atoms with Crippen molar-refractivity contribution in [1.29, 1.82) is 0 Å². The van der Waals surface area contributed by atoms with Crippen LogP contribution in [0.2, 0.25) is 0 Å². The van der Waals surface area contributed by atoms with Crippen molar-refractivity contribution in [2.75, 3.05) is 16.8 Å².